The standard InChI is InChI=1S/C52H37N/c1-4-16-38(17-5-1)39-30-34-44(35-31-39)53(45-36-32-43(33-37-45)47-27-14-23-41-22-10-11-24-46(41)47)51-29-15-28-49(42-20-8-3-9-21-42)52(51)50-26-13-12-25-48(50)40-18-6-2-7-19-40/h1-37H/i30D,31D,32D,33D,34D,35D,36D,37D. The second kappa shape index (κ2) is 14.3. The molecule has 0 bridgehead atoms. The second-order valence-electron chi connectivity index (χ2n) is 12.7. The average molecular weight is 684 g/mol. The van der Waals surface area contributed by atoms with Gasteiger partial charge in [-0.05, 0) is 91.1 Å². The van der Waals surface area contributed by atoms with Gasteiger partial charge in [0.25, 0.3) is 0 Å². The van der Waals surface area contributed by atoms with Crippen LogP contribution in [0.3, 0.4) is 0 Å². The van der Waals surface area contributed by atoms with Gasteiger partial charge >= 0.3 is 0 Å². The number of rotatable bonds is 8. The Kier molecular flexibility index (Phi) is 6.57. The van der Waals surface area contributed by atoms with E-state index < -0.39 is 24.2 Å². The molecule has 250 valence electrons. The molecule has 0 aliphatic heterocycles. The normalized spacial score (nSPS) is 13.1. The molecule has 9 aromatic rings. The molecule has 1 heteroatoms. The van der Waals surface area contributed by atoms with Gasteiger partial charge in [-0.25, -0.2) is 0 Å². The maximum absolute atomic E-state index is 9.81. The van der Waals surface area contributed by atoms with Gasteiger partial charge in [0.15, 0.2) is 0 Å². The Bertz CT molecular complexity index is 3050. The van der Waals surface area contributed by atoms with Gasteiger partial charge in [-0.15, -0.1) is 0 Å². The summed E-state index contributed by atoms with van der Waals surface area (Å²) in [5.74, 6) is 0. The van der Waals surface area contributed by atoms with Crippen LogP contribution in [0.2, 0.25) is 0 Å². The third kappa shape index (κ3) is 6.30. The molecule has 0 radical (unpaired) electrons. The first-order valence-corrected chi connectivity index (χ1v) is 17.5. The highest BCUT2D eigenvalue weighted by molar-refractivity contribution is 6.02. The molecule has 9 aromatic carbocycles. The maximum atomic E-state index is 9.81. The molecule has 0 fully saturated rings. The molecule has 0 saturated heterocycles. The summed E-state index contributed by atoms with van der Waals surface area (Å²) in [5.41, 5.74) is 6.01. The number of hydrogen-bond donors (Lipinski definition) is 0. The van der Waals surface area contributed by atoms with E-state index >= 15 is 0 Å². The molecule has 0 aliphatic rings. The smallest absolute Gasteiger partial charge is 0.0645 e. The molecule has 53 heavy (non-hydrogen) atoms. The number of anilines is 3. The zero-order valence-corrected chi connectivity index (χ0v) is 28.7. The summed E-state index contributed by atoms with van der Waals surface area (Å²) in [6, 6.07) is 52.3. The summed E-state index contributed by atoms with van der Waals surface area (Å²) in [6.45, 7) is 0. The van der Waals surface area contributed by atoms with E-state index in [0.29, 0.717) is 22.4 Å². The van der Waals surface area contributed by atoms with E-state index in [0.717, 1.165) is 38.6 Å². The summed E-state index contributed by atoms with van der Waals surface area (Å²) in [7, 11) is 0. The van der Waals surface area contributed by atoms with E-state index in [2.05, 4.69) is 0 Å². The lowest BCUT2D eigenvalue weighted by Gasteiger charge is -2.30. The highest BCUT2D eigenvalue weighted by atomic mass is 15.1. The SMILES string of the molecule is [2H]c1c([2H])c(N(c2cccc(-c3ccccc3)c2-c2ccccc2-c2ccccc2)c2c([2H])c([2H])c(-c3cccc4ccccc34)c([2H])c2[2H])c([2H])c([2H])c1-c1ccccc1. The van der Waals surface area contributed by atoms with Crippen molar-refractivity contribution in [2.24, 2.45) is 0 Å². The van der Waals surface area contributed by atoms with Gasteiger partial charge in [0.1, 0.15) is 0 Å². The van der Waals surface area contributed by atoms with Crippen molar-refractivity contribution >= 4 is 27.8 Å². The van der Waals surface area contributed by atoms with Gasteiger partial charge in [-0.3, -0.25) is 0 Å². The van der Waals surface area contributed by atoms with Crippen molar-refractivity contribution in [3.05, 3.63) is 224 Å². The monoisotopic (exact) mass is 683 g/mol. The third-order valence-corrected chi connectivity index (χ3v) is 9.44. The quantitative estimate of drug-likeness (QED) is 0.154. The van der Waals surface area contributed by atoms with Crippen LogP contribution in [0, 0.1) is 0 Å². The van der Waals surface area contributed by atoms with Gasteiger partial charge in [-0.1, -0.05) is 194 Å². The number of nitrogens with zero attached hydrogens (tertiary/aromatic N) is 1. The van der Waals surface area contributed by atoms with Crippen molar-refractivity contribution in [3.63, 3.8) is 0 Å². The van der Waals surface area contributed by atoms with Crippen molar-refractivity contribution in [2.45, 2.75) is 0 Å². The van der Waals surface area contributed by atoms with Crippen molar-refractivity contribution in [1.82, 2.24) is 0 Å². The predicted molar refractivity (Wildman–Crippen MR) is 226 cm³/mol. The zero-order valence-electron chi connectivity index (χ0n) is 36.7. The zero-order chi connectivity index (χ0) is 42.4. The lowest BCUT2D eigenvalue weighted by atomic mass is 9.87. The molecular formula is C52H37N. The Morgan fingerprint density at radius 2 is 0.755 bits per heavy atom. The molecule has 0 N–H and O–H groups in total. The third-order valence-electron chi connectivity index (χ3n) is 9.44. The first-order valence-electron chi connectivity index (χ1n) is 21.5. The van der Waals surface area contributed by atoms with Crippen LogP contribution in [-0.2, 0) is 0 Å². The summed E-state index contributed by atoms with van der Waals surface area (Å²) in [4.78, 5) is 1.42. The lowest BCUT2D eigenvalue weighted by molar-refractivity contribution is 1.28. The Labute approximate surface area is 323 Å². The summed E-state index contributed by atoms with van der Waals surface area (Å²) in [5, 5.41) is 1.64. The van der Waals surface area contributed by atoms with Crippen LogP contribution in [0.5, 0.6) is 0 Å². The topological polar surface area (TPSA) is 3.24 Å². The molecule has 1 nitrogen and oxygen atoms in total. The fourth-order valence-electron chi connectivity index (χ4n) is 6.95. The van der Waals surface area contributed by atoms with E-state index in [9.17, 15) is 11.0 Å². The minimum Gasteiger partial charge on any atom is -0.310 e. The molecule has 0 unspecified atom stereocenters. The van der Waals surface area contributed by atoms with Gasteiger partial charge < -0.3 is 4.90 Å². The molecule has 0 heterocycles. The lowest BCUT2D eigenvalue weighted by Crippen LogP contribution is -2.12. The molecule has 0 saturated carbocycles. The first-order chi connectivity index (χ1) is 29.7. The molecule has 0 spiro atoms. The van der Waals surface area contributed by atoms with E-state index in [-0.39, 0.29) is 46.7 Å². The molecular weight excluding hydrogens is 639 g/mol. The van der Waals surface area contributed by atoms with Gasteiger partial charge in [0, 0.05) is 16.9 Å². The van der Waals surface area contributed by atoms with Crippen molar-refractivity contribution in [2.75, 3.05) is 4.90 Å². The number of hydrogen-bond acceptors (Lipinski definition) is 1. The first kappa shape index (κ1) is 24.3. The Hall–Kier alpha value is -6.96. The second-order valence-corrected chi connectivity index (χ2v) is 12.7. The summed E-state index contributed by atoms with van der Waals surface area (Å²) < 4.78 is 77.0. The molecule has 0 aliphatic carbocycles. The van der Waals surface area contributed by atoms with Crippen LogP contribution >= 0.6 is 0 Å². The molecule has 0 aromatic heterocycles. The van der Waals surface area contributed by atoms with Gasteiger partial charge in [-0.2, -0.15) is 0 Å². The average Bonchev–Trinajstić information content (AvgIpc) is 3.30. The van der Waals surface area contributed by atoms with Crippen LogP contribution in [-0.4, -0.2) is 0 Å². The van der Waals surface area contributed by atoms with Crippen molar-refractivity contribution in [1.29, 1.82) is 0 Å². The number of benzene rings is 9. The maximum Gasteiger partial charge on any atom is 0.0645 e. The highest BCUT2D eigenvalue weighted by Crippen LogP contribution is 2.48. The van der Waals surface area contributed by atoms with E-state index in [4.69, 9.17) is 0 Å². The van der Waals surface area contributed by atoms with Gasteiger partial charge in [0.2, 0.25) is 0 Å². The molecule has 0 atom stereocenters. The van der Waals surface area contributed by atoms with E-state index in [1.807, 2.05) is 140 Å². The van der Waals surface area contributed by atoms with Crippen LogP contribution in [0.1, 0.15) is 11.0 Å². The Balaban J connectivity index is 1.43. The van der Waals surface area contributed by atoms with Crippen LogP contribution in [0.15, 0.2) is 224 Å². The summed E-state index contributed by atoms with van der Waals surface area (Å²) in [6.07, 6.45) is 0. The summed E-state index contributed by atoms with van der Waals surface area (Å²) >= 11 is 0. The minimum atomic E-state index is -0.402. The predicted octanol–water partition coefficient (Wildman–Crippen LogP) is 14.6. The molecule has 0 amide bonds. The minimum absolute atomic E-state index is 0.109. The largest absolute Gasteiger partial charge is 0.310 e. The Morgan fingerprint density at radius 3 is 1.42 bits per heavy atom. The van der Waals surface area contributed by atoms with Crippen LogP contribution in [0.25, 0.3) is 66.4 Å². The number of fused-ring (bicyclic) bond motifs is 1. The fraction of sp³-hybridized carbons (Fsp3) is 0. The van der Waals surface area contributed by atoms with E-state index in [1.54, 1.807) is 36.4 Å². The van der Waals surface area contributed by atoms with Crippen molar-refractivity contribution < 1.29 is 11.0 Å². The fourth-order valence-corrected chi connectivity index (χ4v) is 6.95. The van der Waals surface area contributed by atoms with Gasteiger partial charge in [0.05, 0.1) is 16.7 Å². The highest BCUT2D eigenvalue weighted by Gasteiger charge is 2.23. The Morgan fingerprint density at radius 1 is 0.302 bits per heavy atom. The van der Waals surface area contributed by atoms with Crippen LogP contribution < -0.4 is 4.90 Å². The van der Waals surface area contributed by atoms with E-state index in [1.165, 1.54) is 4.90 Å². The van der Waals surface area contributed by atoms with Crippen molar-refractivity contribution in [3.8, 4) is 55.6 Å². The molecule has 9 rings (SSSR count). The van der Waals surface area contributed by atoms with Crippen LogP contribution in [0.4, 0.5) is 17.1 Å².